The topological polar surface area (TPSA) is 76.5 Å². The monoisotopic (exact) mass is 357 g/mol. The fourth-order valence-corrected chi connectivity index (χ4v) is 3.95. The second kappa shape index (κ2) is 7.66. The summed E-state index contributed by atoms with van der Waals surface area (Å²) in [5.41, 5.74) is 0.842. The lowest BCUT2D eigenvalue weighted by Gasteiger charge is -2.26. The molecule has 140 valence electrons. The van der Waals surface area contributed by atoms with E-state index >= 15 is 0 Å². The van der Waals surface area contributed by atoms with E-state index in [4.69, 9.17) is 9.47 Å². The molecule has 2 fully saturated rings. The molecule has 0 atom stereocenters. The molecule has 2 N–H and O–H groups in total. The van der Waals surface area contributed by atoms with Gasteiger partial charge in [0, 0.05) is 23.7 Å². The number of nitrogens with zero attached hydrogens (tertiary/aromatic N) is 2. The number of benzene rings is 1. The lowest BCUT2D eigenvalue weighted by atomic mass is 9.93. The number of hydrogen-bond donors (Lipinski definition) is 2. The van der Waals surface area contributed by atoms with Crippen molar-refractivity contribution in [1.29, 1.82) is 0 Å². The first kappa shape index (κ1) is 17.3. The molecular formula is C20H27N3O3. The lowest BCUT2D eigenvalue weighted by Crippen LogP contribution is -2.28. The maximum atomic E-state index is 9.64. The molecule has 26 heavy (non-hydrogen) atoms. The predicted octanol–water partition coefficient (Wildman–Crippen LogP) is 3.68. The molecule has 0 bridgehead atoms. The van der Waals surface area contributed by atoms with Crippen molar-refractivity contribution >= 4 is 16.9 Å². The highest BCUT2D eigenvalue weighted by atomic mass is 16.5. The van der Waals surface area contributed by atoms with Crippen molar-refractivity contribution in [3.63, 3.8) is 0 Å². The molecule has 4 rings (SSSR count). The number of methoxy groups -OCH3 is 1. The Morgan fingerprint density at radius 2 is 1.81 bits per heavy atom. The zero-order chi connectivity index (χ0) is 17.9. The molecule has 1 aromatic heterocycles. The molecular weight excluding hydrogens is 330 g/mol. The third-order valence-electron chi connectivity index (χ3n) is 5.49. The molecule has 1 aromatic carbocycles. The van der Waals surface area contributed by atoms with Gasteiger partial charge in [-0.15, -0.1) is 0 Å². The smallest absolute Gasteiger partial charge is 0.223 e. The van der Waals surface area contributed by atoms with Gasteiger partial charge >= 0.3 is 0 Å². The van der Waals surface area contributed by atoms with Crippen LogP contribution in [0.1, 0.15) is 51.4 Å². The Hall–Kier alpha value is -2.08. The minimum absolute atomic E-state index is 0.159. The molecule has 0 spiro atoms. The number of rotatable bonds is 5. The fraction of sp³-hybridized carbons (Fsp3) is 0.600. The van der Waals surface area contributed by atoms with Crippen molar-refractivity contribution in [3.05, 3.63) is 18.3 Å². The van der Waals surface area contributed by atoms with Crippen LogP contribution < -0.4 is 14.8 Å². The van der Waals surface area contributed by atoms with Gasteiger partial charge in [0.2, 0.25) is 5.95 Å². The SMILES string of the molecule is COc1cc2nc(NC3CCC(O)CC3)ncc2cc1OC1CCCC1. The molecule has 2 aliphatic rings. The predicted molar refractivity (Wildman–Crippen MR) is 101 cm³/mol. The van der Waals surface area contributed by atoms with Crippen molar-refractivity contribution in [3.8, 4) is 11.5 Å². The van der Waals surface area contributed by atoms with Gasteiger partial charge in [-0.25, -0.2) is 9.97 Å². The zero-order valence-electron chi connectivity index (χ0n) is 15.3. The summed E-state index contributed by atoms with van der Waals surface area (Å²) < 4.78 is 11.7. The van der Waals surface area contributed by atoms with Crippen LogP contribution in [0, 0.1) is 0 Å². The van der Waals surface area contributed by atoms with Crippen LogP contribution in [0.3, 0.4) is 0 Å². The summed E-state index contributed by atoms with van der Waals surface area (Å²) in [4.78, 5) is 9.12. The molecule has 2 aliphatic carbocycles. The van der Waals surface area contributed by atoms with E-state index in [0.717, 1.165) is 60.9 Å². The minimum atomic E-state index is -0.159. The van der Waals surface area contributed by atoms with Crippen molar-refractivity contribution in [2.75, 3.05) is 12.4 Å². The van der Waals surface area contributed by atoms with E-state index in [1.54, 1.807) is 7.11 Å². The quantitative estimate of drug-likeness (QED) is 0.850. The van der Waals surface area contributed by atoms with E-state index in [2.05, 4.69) is 15.3 Å². The van der Waals surface area contributed by atoms with Crippen LogP contribution in [0.2, 0.25) is 0 Å². The van der Waals surface area contributed by atoms with E-state index in [0.29, 0.717) is 12.0 Å². The summed E-state index contributed by atoms with van der Waals surface area (Å²) in [6.07, 6.45) is 10.2. The third kappa shape index (κ3) is 3.85. The molecule has 0 radical (unpaired) electrons. The molecule has 0 unspecified atom stereocenters. The first-order valence-corrected chi connectivity index (χ1v) is 9.67. The average Bonchev–Trinajstić information content (AvgIpc) is 3.16. The molecule has 1 heterocycles. The van der Waals surface area contributed by atoms with Crippen LogP contribution in [-0.2, 0) is 0 Å². The summed E-state index contributed by atoms with van der Waals surface area (Å²) in [5, 5.41) is 14.0. The Kier molecular flexibility index (Phi) is 5.11. The van der Waals surface area contributed by atoms with Crippen LogP contribution in [0.25, 0.3) is 10.9 Å². The number of aromatic nitrogens is 2. The summed E-state index contributed by atoms with van der Waals surface area (Å²) in [5.74, 6) is 2.12. The Bertz CT molecular complexity index is 753. The van der Waals surface area contributed by atoms with E-state index in [-0.39, 0.29) is 12.2 Å². The van der Waals surface area contributed by atoms with E-state index in [1.165, 1.54) is 12.8 Å². The van der Waals surface area contributed by atoms with Crippen molar-refractivity contribution in [2.45, 2.75) is 69.6 Å². The Morgan fingerprint density at radius 3 is 2.54 bits per heavy atom. The standard InChI is InChI=1S/C20H27N3O3/c1-25-18-11-17-13(10-19(18)26-16-4-2-3-5-16)12-21-20(23-17)22-14-6-8-15(24)9-7-14/h10-12,14-16,24H,2-9H2,1H3,(H,21,22,23). The molecule has 0 saturated heterocycles. The maximum Gasteiger partial charge on any atom is 0.223 e. The first-order chi connectivity index (χ1) is 12.7. The van der Waals surface area contributed by atoms with Crippen LogP contribution in [-0.4, -0.2) is 40.4 Å². The molecule has 0 amide bonds. The number of ether oxygens (including phenoxy) is 2. The van der Waals surface area contributed by atoms with Crippen molar-refractivity contribution in [1.82, 2.24) is 9.97 Å². The summed E-state index contributed by atoms with van der Waals surface area (Å²) in [7, 11) is 1.66. The van der Waals surface area contributed by atoms with Gasteiger partial charge < -0.3 is 19.9 Å². The highest BCUT2D eigenvalue weighted by Gasteiger charge is 2.21. The number of fused-ring (bicyclic) bond motifs is 1. The second-order valence-corrected chi connectivity index (χ2v) is 7.43. The number of aliphatic hydroxyl groups excluding tert-OH is 1. The van der Waals surface area contributed by atoms with Gasteiger partial charge in [0.15, 0.2) is 11.5 Å². The van der Waals surface area contributed by atoms with Crippen LogP contribution in [0.15, 0.2) is 18.3 Å². The van der Waals surface area contributed by atoms with Crippen molar-refractivity contribution < 1.29 is 14.6 Å². The minimum Gasteiger partial charge on any atom is -0.493 e. The van der Waals surface area contributed by atoms with Crippen LogP contribution >= 0.6 is 0 Å². The maximum absolute atomic E-state index is 9.64. The molecule has 0 aliphatic heterocycles. The largest absolute Gasteiger partial charge is 0.493 e. The summed E-state index contributed by atoms with van der Waals surface area (Å²) in [6.45, 7) is 0. The van der Waals surface area contributed by atoms with Gasteiger partial charge in [-0.3, -0.25) is 0 Å². The van der Waals surface area contributed by atoms with E-state index in [1.807, 2.05) is 18.3 Å². The summed E-state index contributed by atoms with van der Waals surface area (Å²) in [6, 6.07) is 4.23. The van der Waals surface area contributed by atoms with Gasteiger partial charge in [0.05, 0.1) is 24.8 Å². The van der Waals surface area contributed by atoms with Crippen LogP contribution in [0.5, 0.6) is 11.5 Å². The highest BCUT2D eigenvalue weighted by molar-refractivity contribution is 5.82. The molecule has 6 nitrogen and oxygen atoms in total. The lowest BCUT2D eigenvalue weighted by molar-refractivity contribution is 0.126. The normalized spacial score (nSPS) is 23.9. The van der Waals surface area contributed by atoms with E-state index < -0.39 is 0 Å². The van der Waals surface area contributed by atoms with Crippen LogP contribution in [0.4, 0.5) is 5.95 Å². The highest BCUT2D eigenvalue weighted by Crippen LogP contribution is 2.35. The summed E-state index contributed by atoms with van der Waals surface area (Å²) >= 11 is 0. The molecule has 2 saturated carbocycles. The fourth-order valence-electron chi connectivity index (χ4n) is 3.95. The van der Waals surface area contributed by atoms with Gasteiger partial charge in [-0.05, 0) is 57.4 Å². The Balaban J connectivity index is 1.53. The van der Waals surface area contributed by atoms with Crippen molar-refractivity contribution in [2.24, 2.45) is 0 Å². The average molecular weight is 357 g/mol. The van der Waals surface area contributed by atoms with E-state index in [9.17, 15) is 5.11 Å². The zero-order valence-corrected chi connectivity index (χ0v) is 15.3. The van der Waals surface area contributed by atoms with Gasteiger partial charge in [0.25, 0.3) is 0 Å². The second-order valence-electron chi connectivity index (χ2n) is 7.43. The number of aliphatic hydroxyl groups is 1. The molecule has 6 heteroatoms. The Labute approximate surface area is 153 Å². The third-order valence-corrected chi connectivity index (χ3v) is 5.49. The number of nitrogens with one attached hydrogen (secondary N) is 1. The number of hydrogen-bond acceptors (Lipinski definition) is 6. The van der Waals surface area contributed by atoms with Gasteiger partial charge in [-0.2, -0.15) is 0 Å². The Morgan fingerprint density at radius 1 is 1.04 bits per heavy atom. The first-order valence-electron chi connectivity index (χ1n) is 9.67. The van der Waals surface area contributed by atoms with Gasteiger partial charge in [0.1, 0.15) is 0 Å². The molecule has 2 aromatic rings. The van der Waals surface area contributed by atoms with Gasteiger partial charge in [-0.1, -0.05) is 0 Å². The number of anilines is 1.